The van der Waals surface area contributed by atoms with E-state index in [4.69, 9.17) is 4.74 Å². The maximum absolute atomic E-state index is 13.0. The van der Waals surface area contributed by atoms with Crippen molar-refractivity contribution in [3.63, 3.8) is 0 Å². The number of hydrogen-bond donors (Lipinski definition) is 2. The van der Waals surface area contributed by atoms with Crippen LogP contribution in [0, 0.1) is 6.92 Å². The molecule has 0 amide bonds. The van der Waals surface area contributed by atoms with Crippen LogP contribution in [0.4, 0.5) is 13.2 Å². The van der Waals surface area contributed by atoms with Gasteiger partial charge in [0.1, 0.15) is 5.75 Å². The molecule has 2 N–H and O–H groups in total. The zero-order valence-electron chi connectivity index (χ0n) is 16.4. The van der Waals surface area contributed by atoms with Gasteiger partial charge in [0.25, 0.3) is 0 Å². The first-order valence-electron chi connectivity index (χ1n) is 9.66. The Hall–Kier alpha value is -2.65. The number of halogens is 3. The summed E-state index contributed by atoms with van der Waals surface area (Å²) >= 11 is 0. The number of ether oxygens (including phenoxy) is 1. The summed E-state index contributed by atoms with van der Waals surface area (Å²) in [6, 6.07) is 3.55. The number of hydrogen-bond acceptors (Lipinski definition) is 5. The van der Waals surface area contributed by atoms with E-state index in [1.165, 1.54) is 6.92 Å². The van der Waals surface area contributed by atoms with Gasteiger partial charge in [0.15, 0.2) is 5.65 Å². The number of aliphatic hydroxyl groups is 1. The predicted molar refractivity (Wildman–Crippen MR) is 102 cm³/mol. The minimum absolute atomic E-state index is 0.0920. The standard InChI is InChI=1S/C21H20F3N3O3/c1-10-3-11(21(22,23)24)4-17(28)18(10)15-5-13-14-8-30-9-16(14)27(19(13)26-25-15)12-6-20(2,29)7-12/h3-5,12,28-29H,6-9H2,1-2H3. The first kappa shape index (κ1) is 19.3. The molecule has 1 saturated carbocycles. The van der Waals surface area contributed by atoms with Crippen molar-refractivity contribution in [1.29, 1.82) is 0 Å². The van der Waals surface area contributed by atoms with E-state index in [9.17, 15) is 23.4 Å². The summed E-state index contributed by atoms with van der Waals surface area (Å²) in [6.45, 7) is 4.15. The topological polar surface area (TPSA) is 80.4 Å². The molecule has 5 rings (SSSR count). The van der Waals surface area contributed by atoms with E-state index in [0.717, 1.165) is 22.7 Å². The average molecular weight is 419 g/mol. The van der Waals surface area contributed by atoms with Gasteiger partial charge in [-0.25, -0.2) is 0 Å². The van der Waals surface area contributed by atoms with Crippen LogP contribution >= 0.6 is 0 Å². The minimum Gasteiger partial charge on any atom is -0.507 e. The Balaban J connectivity index is 1.64. The summed E-state index contributed by atoms with van der Waals surface area (Å²) in [5, 5.41) is 29.9. The van der Waals surface area contributed by atoms with Gasteiger partial charge in [-0.15, -0.1) is 10.2 Å². The van der Waals surface area contributed by atoms with Gasteiger partial charge in [0.05, 0.1) is 35.8 Å². The molecule has 1 fully saturated rings. The highest BCUT2D eigenvalue weighted by molar-refractivity contribution is 5.87. The lowest BCUT2D eigenvalue weighted by Gasteiger charge is -2.42. The highest BCUT2D eigenvalue weighted by Crippen LogP contribution is 2.46. The van der Waals surface area contributed by atoms with Crippen molar-refractivity contribution in [3.05, 3.63) is 40.6 Å². The molecule has 0 unspecified atom stereocenters. The highest BCUT2D eigenvalue weighted by atomic mass is 19.4. The number of aromatic nitrogens is 3. The Bertz CT molecular complexity index is 1150. The van der Waals surface area contributed by atoms with E-state index in [2.05, 4.69) is 14.8 Å². The number of fused-ring (bicyclic) bond motifs is 3. The number of nitrogens with zero attached hydrogens (tertiary/aromatic N) is 3. The van der Waals surface area contributed by atoms with Crippen molar-refractivity contribution in [2.75, 3.05) is 0 Å². The predicted octanol–water partition coefficient (Wildman–Crippen LogP) is 4.25. The fourth-order valence-corrected chi connectivity index (χ4v) is 4.70. The molecule has 0 atom stereocenters. The van der Waals surface area contributed by atoms with Crippen LogP contribution in [0.3, 0.4) is 0 Å². The Morgan fingerprint density at radius 1 is 1.17 bits per heavy atom. The molecule has 9 heteroatoms. The third-order valence-electron chi connectivity index (χ3n) is 6.07. The monoisotopic (exact) mass is 419 g/mol. The van der Waals surface area contributed by atoms with Gasteiger partial charge in [-0.05, 0) is 50.5 Å². The second-order valence-corrected chi connectivity index (χ2v) is 8.50. The number of aromatic hydroxyl groups is 1. The molecule has 1 aromatic carbocycles. The average Bonchev–Trinajstić information content (AvgIpc) is 3.19. The molecular formula is C21H20F3N3O3. The summed E-state index contributed by atoms with van der Waals surface area (Å²) in [5.74, 6) is -0.488. The van der Waals surface area contributed by atoms with Gasteiger partial charge in [-0.1, -0.05) is 0 Å². The fourth-order valence-electron chi connectivity index (χ4n) is 4.70. The van der Waals surface area contributed by atoms with Gasteiger partial charge >= 0.3 is 6.18 Å². The Morgan fingerprint density at radius 2 is 1.90 bits per heavy atom. The first-order chi connectivity index (χ1) is 14.0. The van der Waals surface area contributed by atoms with Gasteiger partial charge in [0.2, 0.25) is 0 Å². The van der Waals surface area contributed by atoms with Crippen LogP contribution in [-0.4, -0.2) is 30.6 Å². The lowest BCUT2D eigenvalue weighted by molar-refractivity contribution is -0.137. The van der Waals surface area contributed by atoms with E-state index < -0.39 is 23.1 Å². The van der Waals surface area contributed by atoms with Crippen LogP contribution in [-0.2, 0) is 24.1 Å². The Morgan fingerprint density at radius 3 is 2.53 bits per heavy atom. The van der Waals surface area contributed by atoms with Gasteiger partial charge in [-0.2, -0.15) is 13.2 Å². The molecule has 0 bridgehead atoms. The molecule has 3 heterocycles. The SMILES string of the molecule is Cc1cc(C(F)(F)F)cc(O)c1-c1cc2c3c(n(C4CC(C)(O)C4)c2nn1)COC3. The van der Waals surface area contributed by atoms with Crippen molar-refractivity contribution in [2.24, 2.45) is 0 Å². The smallest absolute Gasteiger partial charge is 0.416 e. The lowest BCUT2D eigenvalue weighted by atomic mass is 9.77. The summed E-state index contributed by atoms with van der Waals surface area (Å²) in [5.41, 5.74) is 1.80. The summed E-state index contributed by atoms with van der Waals surface area (Å²) in [7, 11) is 0. The van der Waals surface area contributed by atoms with Crippen LogP contribution in [0.2, 0.25) is 0 Å². The quantitative estimate of drug-likeness (QED) is 0.649. The lowest BCUT2D eigenvalue weighted by Crippen LogP contribution is -2.42. The third kappa shape index (κ3) is 2.87. The summed E-state index contributed by atoms with van der Waals surface area (Å²) < 4.78 is 46.8. The molecule has 0 spiro atoms. The molecular weight excluding hydrogens is 399 g/mol. The maximum Gasteiger partial charge on any atom is 0.416 e. The van der Waals surface area contributed by atoms with Gasteiger partial charge < -0.3 is 19.5 Å². The molecule has 2 aromatic heterocycles. The van der Waals surface area contributed by atoms with Crippen LogP contribution in [0.5, 0.6) is 5.75 Å². The first-order valence-corrected chi connectivity index (χ1v) is 9.66. The zero-order chi connectivity index (χ0) is 21.4. The van der Waals surface area contributed by atoms with Crippen LogP contribution in [0.1, 0.15) is 48.2 Å². The van der Waals surface area contributed by atoms with Crippen LogP contribution < -0.4 is 0 Å². The van der Waals surface area contributed by atoms with Crippen LogP contribution in [0.25, 0.3) is 22.3 Å². The molecule has 0 radical (unpaired) electrons. The highest BCUT2D eigenvalue weighted by Gasteiger charge is 2.42. The molecule has 158 valence electrons. The van der Waals surface area contributed by atoms with Crippen molar-refractivity contribution in [3.8, 4) is 17.0 Å². The third-order valence-corrected chi connectivity index (χ3v) is 6.07. The molecule has 3 aromatic rings. The second-order valence-electron chi connectivity index (χ2n) is 8.50. The van der Waals surface area contributed by atoms with Crippen molar-refractivity contribution in [1.82, 2.24) is 14.8 Å². The number of rotatable bonds is 2. The van der Waals surface area contributed by atoms with E-state index in [-0.39, 0.29) is 17.2 Å². The van der Waals surface area contributed by atoms with Crippen LogP contribution in [0.15, 0.2) is 18.2 Å². The molecule has 2 aliphatic rings. The van der Waals surface area contributed by atoms with Gasteiger partial charge in [0, 0.05) is 22.6 Å². The number of aryl methyl sites for hydroxylation is 1. The maximum atomic E-state index is 13.0. The largest absolute Gasteiger partial charge is 0.507 e. The van der Waals surface area contributed by atoms with E-state index >= 15 is 0 Å². The summed E-state index contributed by atoms with van der Waals surface area (Å²) in [6.07, 6.45) is -3.34. The minimum atomic E-state index is -4.55. The van der Waals surface area contributed by atoms with E-state index in [1.807, 2.05) is 0 Å². The Labute approximate surface area is 169 Å². The Kier molecular flexibility index (Phi) is 3.98. The molecule has 0 saturated heterocycles. The number of phenolic OH excluding ortho intramolecular Hbond substituents is 1. The number of phenols is 1. The normalized spacial score (nSPS) is 23.6. The van der Waals surface area contributed by atoms with Crippen molar-refractivity contribution >= 4 is 11.0 Å². The number of alkyl halides is 3. The molecule has 1 aliphatic heterocycles. The van der Waals surface area contributed by atoms with Crippen molar-refractivity contribution in [2.45, 2.75) is 57.7 Å². The number of benzene rings is 1. The molecule has 30 heavy (non-hydrogen) atoms. The summed E-state index contributed by atoms with van der Waals surface area (Å²) in [4.78, 5) is 0. The molecule has 1 aliphatic carbocycles. The zero-order valence-corrected chi connectivity index (χ0v) is 16.4. The van der Waals surface area contributed by atoms with Gasteiger partial charge in [-0.3, -0.25) is 0 Å². The fraction of sp³-hybridized carbons (Fsp3) is 0.429. The van der Waals surface area contributed by atoms with E-state index in [0.29, 0.717) is 43.5 Å². The van der Waals surface area contributed by atoms with Crippen molar-refractivity contribution < 1.29 is 28.1 Å². The second kappa shape index (κ2) is 6.18. The van der Waals surface area contributed by atoms with E-state index in [1.54, 1.807) is 13.0 Å². The molecule has 6 nitrogen and oxygen atoms in total.